The summed E-state index contributed by atoms with van der Waals surface area (Å²) in [5, 5.41) is -0.301. The molecule has 0 heterocycles. The fraction of sp³-hybridized carbons (Fsp3) is 0.806. The zero-order valence-electron chi connectivity index (χ0n) is 45.3. The van der Waals surface area contributed by atoms with Crippen LogP contribution in [-0.4, -0.2) is 26.4 Å². The van der Waals surface area contributed by atoms with E-state index in [1.165, 1.54) is 231 Å². The molecule has 0 saturated carbocycles. The van der Waals surface area contributed by atoms with Crippen LogP contribution in [0.1, 0.15) is 306 Å². The zero-order chi connectivity index (χ0) is 48.8. The minimum Gasteiger partial charge on any atom is -0.490 e. The van der Waals surface area contributed by atoms with Gasteiger partial charge in [0.15, 0.2) is 23.0 Å². The van der Waals surface area contributed by atoms with Gasteiger partial charge in [0.05, 0.1) is 26.4 Å². The van der Waals surface area contributed by atoms with Crippen molar-refractivity contribution in [1.29, 1.82) is 0 Å². The van der Waals surface area contributed by atoms with Crippen LogP contribution in [-0.2, 0) is 0 Å². The average molecular weight is 984 g/mol. The van der Waals surface area contributed by atoms with E-state index in [0.29, 0.717) is 13.2 Å². The lowest BCUT2D eigenvalue weighted by atomic mass is 10.0. The Morgan fingerprint density at radius 1 is 0.265 bits per heavy atom. The summed E-state index contributed by atoms with van der Waals surface area (Å²) in [7, 11) is 0. The molecule has 0 aliphatic heterocycles. The van der Waals surface area contributed by atoms with E-state index in [4.69, 9.17) is 44.2 Å². The molecule has 0 aliphatic rings. The van der Waals surface area contributed by atoms with Gasteiger partial charge < -0.3 is 18.9 Å². The Labute approximate surface area is 433 Å². The predicted molar refractivity (Wildman–Crippen MR) is 306 cm³/mol. The SMILES string of the molecule is CCCCCCCCCCCCOc1ccc(C(S)C(S)c2ccc(OCCCCCCCCCCCC)c(OCCCCCCCCCCCC)c2)cc1OCCCCCCCCCCCC. The van der Waals surface area contributed by atoms with Crippen LogP contribution in [0, 0.1) is 0 Å². The number of hydrogen-bond acceptors (Lipinski definition) is 6. The van der Waals surface area contributed by atoms with Crippen molar-refractivity contribution in [2.24, 2.45) is 0 Å². The molecule has 68 heavy (non-hydrogen) atoms. The van der Waals surface area contributed by atoms with Gasteiger partial charge in [0.25, 0.3) is 0 Å². The number of unbranched alkanes of at least 4 members (excludes halogenated alkanes) is 36. The first-order valence-corrected chi connectivity index (χ1v) is 30.7. The first-order chi connectivity index (χ1) is 33.5. The van der Waals surface area contributed by atoms with Gasteiger partial charge in [-0.3, -0.25) is 0 Å². The molecule has 2 aromatic carbocycles. The Morgan fingerprint density at radius 3 is 0.676 bits per heavy atom. The molecule has 0 fully saturated rings. The highest BCUT2D eigenvalue weighted by Gasteiger charge is 2.22. The molecule has 0 aromatic heterocycles. The molecule has 6 heteroatoms. The molecule has 0 bridgehead atoms. The van der Waals surface area contributed by atoms with Gasteiger partial charge >= 0.3 is 0 Å². The Balaban J connectivity index is 2.05. The second-order valence-corrected chi connectivity index (χ2v) is 21.5. The fourth-order valence-electron chi connectivity index (χ4n) is 9.33. The summed E-state index contributed by atoms with van der Waals surface area (Å²) in [6, 6.07) is 12.9. The average Bonchev–Trinajstić information content (AvgIpc) is 3.35. The van der Waals surface area contributed by atoms with Gasteiger partial charge in [-0.1, -0.05) is 271 Å². The van der Waals surface area contributed by atoms with E-state index in [-0.39, 0.29) is 10.5 Å². The van der Waals surface area contributed by atoms with E-state index in [1.807, 2.05) is 0 Å². The summed E-state index contributed by atoms with van der Waals surface area (Å²) in [6.07, 6.45) is 52.5. The summed E-state index contributed by atoms with van der Waals surface area (Å²) in [4.78, 5) is 0. The molecule has 0 aliphatic carbocycles. The van der Waals surface area contributed by atoms with Crippen molar-refractivity contribution in [3.8, 4) is 23.0 Å². The van der Waals surface area contributed by atoms with Gasteiger partial charge in [-0.2, -0.15) is 25.3 Å². The third kappa shape index (κ3) is 33.1. The lowest BCUT2D eigenvalue weighted by molar-refractivity contribution is 0.258. The van der Waals surface area contributed by atoms with Gasteiger partial charge in [-0.25, -0.2) is 0 Å². The normalized spacial score (nSPS) is 12.4. The third-order valence-corrected chi connectivity index (χ3v) is 15.4. The molecule has 0 amide bonds. The van der Waals surface area contributed by atoms with Crippen LogP contribution >= 0.6 is 25.3 Å². The lowest BCUT2D eigenvalue weighted by Crippen LogP contribution is -2.07. The minimum atomic E-state index is -0.151. The standard InChI is InChI=1S/C62H110O4S2/c1-5-9-13-17-21-25-29-33-37-41-49-63-57-47-45-55(53-59(57)65-51-43-39-35-31-27-23-19-15-11-7-3)61(67)62(68)56-46-48-58(64-50-42-38-34-30-26-22-18-14-10-6-2)60(54-56)66-52-44-40-36-32-28-24-20-16-12-8-4/h45-48,53-54,61-62,67-68H,5-44,49-52H2,1-4H3. The molecule has 0 saturated heterocycles. The van der Waals surface area contributed by atoms with Crippen molar-refractivity contribution < 1.29 is 18.9 Å². The van der Waals surface area contributed by atoms with Crippen molar-refractivity contribution >= 4 is 25.3 Å². The van der Waals surface area contributed by atoms with Crippen molar-refractivity contribution in [2.75, 3.05) is 26.4 Å². The number of benzene rings is 2. The van der Waals surface area contributed by atoms with Crippen LogP contribution in [0.4, 0.5) is 0 Å². The van der Waals surface area contributed by atoms with Gasteiger partial charge in [-0.15, -0.1) is 0 Å². The maximum absolute atomic E-state index is 6.55. The van der Waals surface area contributed by atoms with E-state index < -0.39 is 0 Å². The highest BCUT2D eigenvalue weighted by molar-refractivity contribution is 7.84. The number of thiol groups is 2. The van der Waals surface area contributed by atoms with Crippen LogP contribution in [0.15, 0.2) is 36.4 Å². The number of rotatable bonds is 51. The maximum atomic E-state index is 6.55. The highest BCUT2D eigenvalue weighted by atomic mass is 32.1. The first kappa shape index (κ1) is 62.5. The summed E-state index contributed by atoms with van der Waals surface area (Å²) >= 11 is 10.5. The topological polar surface area (TPSA) is 36.9 Å². The molecule has 0 radical (unpaired) electrons. The van der Waals surface area contributed by atoms with Crippen LogP contribution < -0.4 is 18.9 Å². The summed E-state index contributed by atoms with van der Waals surface area (Å²) in [5.41, 5.74) is 2.18. The largest absolute Gasteiger partial charge is 0.490 e. The summed E-state index contributed by atoms with van der Waals surface area (Å²) in [6.45, 7) is 12.0. The van der Waals surface area contributed by atoms with Crippen LogP contribution in [0.25, 0.3) is 0 Å². The van der Waals surface area contributed by atoms with Crippen molar-refractivity contribution in [1.82, 2.24) is 0 Å². The van der Waals surface area contributed by atoms with Gasteiger partial charge in [-0.05, 0) is 61.1 Å². The van der Waals surface area contributed by atoms with Crippen molar-refractivity contribution in [3.05, 3.63) is 47.5 Å². The monoisotopic (exact) mass is 983 g/mol. The second kappa shape index (κ2) is 46.4. The maximum Gasteiger partial charge on any atom is 0.161 e. The van der Waals surface area contributed by atoms with Crippen LogP contribution in [0.5, 0.6) is 23.0 Å². The van der Waals surface area contributed by atoms with E-state index in [2.05, 4.69) is 64.1 Å². The van der Waals surface area contributed by atoms with Gasteiger partial charge in [0.1, 0.15) is 0 Å². The molecule has 2 aromatic rings. The van der Waals surface area contributed by atoms with E-state index in [9.17, 15) is 0 Å². The number of hydrogen-bond donors (Lipinski definition) is 2. The Hall–Kier alpha value is -1.66. The Kier molecular flexibility index (Phi) is 42.6. The molecular weight excluding hydrogens is 873 g/mol. The number of ether oxygens (including phenoxy) is 4. The molecular formula is C62H110O4S2. The van der Waals surface area contributed by atoms with Crippen molar-refractivity contribution in [3.63, 3.8) is 0 Å². The molecule has 2 unspecified atom stereocenters. The molecule has 0 N–H and O–H groups in total. The minimum absolute atomic E-state index is 0.151. The van der Waals surface area contributed by atoms with Crippen molar-refractivity contribution in [2.45, 2.75) is 295 Å². The molecule has 394 valence electrons. The zero-order valence-corrected chi connectivity index (χ0v) is 47.0. The molecule has 4 nitrogen and oxygen atoms in total. The Morgan fingerprint density at radius 2 is 0.456 bits per heavy atom. The van der Waals surface area contributed by atoms with Gasteiger partial charge in [0, 0.05) is 10.5 Å². The summed E-state index contributed by atoms with van der Waals surface area (Å²) < 4.78 is 26.0. The van der Waals surface area contributed by atoms with E-state index >= 15 is 0 Å². The fourth-order valence-corrected chi connectivity index (χ4v) is 10.00. The quantitative estimate of drug-likeness (QED) is 0.0512. The Bertz CT molecular complexity index is 1280. The van der Waals surface area contributed by atoms with Gasteiger partial charge in [0.2, 0.25) is 0 Å². The smallest absolute Gasteiger partial charge is 0.161 e. The third-order valence-electron chi connectivity index (χ3n) is 13.9. The van der Waals surface area contributed by atoms with Crippen LogP contribution in [0.2, 0.25) is 0 Å². The molecule has 2 atom stereocenters. The molecule has 2 rings (SSSR count). The first-order valence-electron chi connectivity index (χ1n) is 29.7. The molecule has 0 spiro atoms. The van der Waals surface area contributed by atoms with Crippen LogP contribution in [0.3, 0.4) is 0 Å². The van der Waals surface area contributed by atoms with E-state index in [1.54, 1.807) is 0 Å². The highest BCUT2D eigenvalue weighted by Crippen LogP contribution is 2.44. The van der Waals surface area contributed by atoms with E-state index in [0.717, 1.165) is 73.0 Å². The predicted octanol–water partition coefficient (Wildman–Crippen LogP) is 21.5. The summed E-state index contributed by atoms with van der Waals surface area (Å²) in [5.74, 6) is 3.36. The lowest BCUT2D eigenvalue weighted by Gasteiger charge is -2.22. The second-order valence-electron chi connectivity index (χ2n) is 20.4.